The van der Waals surface area contributed by atoms with Crippen molar-refractivity contribution in [3.8, 4) is 0 Å². The van der Waals surface area contributed by atoms with Gasteiger partial charge in [-0.15, -0.1) is 0 Å². The van der Waals surface area contributed by atoms with Gasteiger partial charge in [-0.05, 0) is 30.5 Å². The molecule has 0 heterocycles. The second kappa shape index (κ2) is 10.5. The van der Waals surface area contributed by atoms with Crippen molar-refractivity contribution < 1.29 is 13.2 Å². The summed E-state index contributed by atoms with van der Waals surface area (Å²) < 4.78 is 31.9. The molecule has 146 valence electrons. The molecule has 0 unspecified atom stereocenters. The quantitative estimate of drug-likeness (QED) is 0.275. The van der Waals surface area contributed by atoms with Crippen LogP contribution in [-0.4, -0.2) is 40.7 Å². The number of hydrogen-bond donors (Lipinski definition) is 3. The Morgan fingerprint density at radius 1 is 1.27 bits per heavy atom. The molecule has 0 aliphatic heterocycles. The Kier molecular flexibility index (Phi) is 8.34. The second-order valence-corrected chi connectivity index (χ2v) is 8.34. The van der Waals surface area contributed by atoms with E-state index in [0.29, 0.717) is 25.2 Å². The predicted octanol–water partition coefficient (Wildman–Crippen LogP) is 1.74. The summed E-state index contributed by atoms with van der Waals surface area (Å²) in [6, 6.07) is 7.13. The summed E-state index contributed by atoms with van der Waals surface area (Å²) in [5.41, 5.74) is 6.80. The van der Waals surface area contributed by atoms with Gasteiger partial charge in [0.1, 0.15) is 0 Å². The molecule has 1 aromatic rings. The summed E-state index contributed by atoms with van der Waals surface area (Å²) in [7, 11) is -2.02. The van der Waals surface area contributed by atoms with E-state index in [2.05, 4.69) is 15.0 Å². The normalized spacial score (nSPS) is 17.0. The zero-order valence-electron chi connectivity index (χ0n) is 15.4. The van der Waals surface area contributed by atoms with Crippen LogP contribution in [0.2, 0.25) is 0 Å². The number of nitrogens with one attached hydrogen (secondary N) is 2. The monoisotopic (exact) mass is 382 g/mol. The number of rotatable bonds is 8. The van der Waals surface area contributed by atoms with E-state index in [1.165, 1.54) is 32.8 Å². The number of aliphatic imine (C=N–C) groups is 1. The first-order valence-electron chi connectivity index (χ1n) is 9.15. The average Bonchev–Trinajstić information content (AvgIpc) is 2.89. The molecule has 0 radical (unpaired) electrons. The van der Waals surface area contributed by atoms with Gasteiger partial charge in [-0.25, -0.2) is 18.1 Å². The topological polar surface area (TPSA) is 106 Å². The first kappa shape index (κ1) is 20.7. The molecule has 26 heavy (non-hydrogen) atoms. The standard InChI is InChI=1S/C18H30N4O3S/c1-25-12-11-21-26(23,24)17-10-6-7-15(13-17)14-20-18(19)22-16-8-4-2-3-5-9-16/h6-7,10,13,16,21H,2-5,8-9,11-12,14H2,1H3,(H3,19,20,22). The fraction of sp³-hybridized carbons (Fsp3) is 0.611. The number of nitrogens with zero attached hydrogens (tertiary/aromatic N) is 1. The van der Waals surface area contributed by atoms with E-state index >= 15 is 0 Å². The zero-order valence-corrected chi connectivity index (χ0v) is 16.2. The summed E-state index contributed by atoms with van der Waals surface area (Å²) >= 11 is 0. The molecule has 7 nitrogen and oxygen atoms in total. The van der Waals surface area contributed by atoms with Gasteiger partial charge < -0.3 is 15.8 Å². The van der Waals surface area contributed by atoms with Gasteiger partial charge in [0.05, 0.1) is 18.0 Å². The molecule has 0 saturated heterocycles. The van der Waals surface area contributed by atoms with Crippen LogP contribution >= 0.6 is 0 Å². The van der Waals surface area contributed by atoms with Crippen molar-refractivity contribution in [1.29, 1.82) is 0 Å². The molecule has 8 heteroatoms. The lowest BCUT2D eigenvalue weighted by Gasteiger charge is -2.16. The summed E-state index contributed by atoms with van der Waals surface area (Å²) in [5, 5.41) is 3.29. The minimum Gasteiger partial charge on any atom is -0.383 e. The van der Waals surface area contributed by atoms with Crippen molar-refractivity contribution in [2.24, 2.45) is 10.7 Å². The lowest BCUT2D eigenvalue weighted by atomic mass is 10.1. The first-order chi connectivity index (χ1) is 12.5. The van der Waals surface area contributed by atoms with Crippen molar-refractivity contribution >= 4 is 16.0 Å². The van der Waals surface area contributed by atoms with Crippen LogP contribution in [0.25, 0.3) is 0 Å². The van der Waals surface area contributed by atoms with Crippen LogP contribution in [0.15, 0.2) is 34.2 Å². The lowest BCUT2D eigenvalue weighted by molar-refractivity contribution is 0.204. The van der Waals surface area contributed by atoms with Crippen molar-refractivity contribution in [3.05, 3.63) is 29.8 Å². The molecule has 0 amide bonds. The molecule has 1 aliphatic rings. The molecule has 0 bridgehead atoms. The van der Waals surface area contributed by atoms with Gasteiger partial charge in [-0.3, -0.25) is 0 Å². The van der Waals surface area contributed by atoms with Gasteiger partial charge in [0.2, 0.25) is 10.0 Å². The highest BCUT2D eigenvalue weighted by Crippen LogP contribution is 2.17. The minimum absolute atomic E-state index is 0.219. The summed E-state index contributed by atoms with van der Waals surface area (Å²) in [5.74, 6) is 0.420. The highest BCUT2D eigenvalue weighted by atomic mass is 32.2. The molecule has 1 aliphatic carbocycles. The van der Waals surface area contributed by atoms with Gasteiger partial charge in [0.15, 0.2) is 5.96 Å². The maximum Gasteiger partial charge on any atom is 0.240 e. The summed E-state index contributed by atoms with van der Waals surface area (Å²) in [6.45, 7) is 0.902. The molecule has 0 spiro atoms. The predicted molar refractivity (Wildman–Crippen MR) is 103 cm³/mol. The largest absolute Gasteiger partial charge is 0.383 e. The molecular formula is C18H30N4O3S. The van der Waals surface area contributed by atoms with E-state index in [0.717, 1.165) is 18.4 Å². The number of sulfonamides is 1. The molecule has 4 N–H and O–H groups in total. The van der Waals surface area contributed by atoms with E-state index in [9.17, 15) is 8.42 Å². The van der Waals surface area contributed by atoms with Crippen LogP contribution in [0.5, 0.6) is 0 Å². The van der Waals surface area contributed by atoms with Crippen LogP contribution in [0.4, 0.5) is 0 Å². The highest BCUT2D eigenvalue weighted by molar-refractivity contribution is 7.89. The van der Waals surface area contributed by atoms with Crippen molar-refractivity contribution in [2.45, 2.75) is 56.0 Å². The van der Waals surface area contributed by atoms with E-state index in [1.54, 1.807) is 18.2 Å². The van der Waals surface area contributed by atoms with Crippen LogP contribution in [0.1, 0.15) is 44.1 Å². The third kappa shape index (κ3) is 6.93. The Morgan fingerprint density at radius 3 is 2.69 bits per heavy atom. The smallest absolute Gasteiger partial charge is 0.240 e. The molecule has 1 saturated carbocycles. The Morgan fingerprint density at radius 2 is 2.00 bits per heavy atom. The number of benzene rings is 1. The average molecular weight is 383 g/mol. The Balaban J connectivity index is 1.94. The first-order valence-corrected chi connectivity index (χ1v) is 10.6. The zero-order chi connectivity index (χ0) is 18.8. The van der Waals surface area contributed by atoms with E-state index in [-0.39, 0.29) is 11.4 Å². The summed E-state index contributed by atoms with van der Waals surface area (Å²) in [4.78, 5) is 4.58. The number of guanidine groups is 1. The van der Waals surface area contributed by atoms with Crippen molar-refractivity contribution in [3.63, 3.8) is 0 Å². The van der Waals surface area contributed by atoms with Gasteiger partial charge in [0.25, 0.3) is 0 Å². The SMILES string of the molecule is COCCNS(=O)(=O)c1cccc(CN=C(N)NC2CCCCCC2)c1. The van der Waals surface area contributed by atoms with E-state index < -0.39 is 10.0 Å². The maximum atomic E-state index is 12.3. The molecule has 0 atom stereocenters. The van der Waals surface area contributed by atoms with E-state index in [1.807, 2.05) is 6.07 Å². The fourth-order valence-corrected chi connectivity index (χ4v) is 4.11. The lowest BCUT2D eigenvalue weighted by Crippen LogP contribution is -2.39. The maximum absolute atomic E-state index is 12.3. The summed E-state index contributed by atoms with van der Waals surface area (Å²) in [6.07, 6.45) is 7.26. The Bertz CT molecular complexity index is 683. The van der Waals surface area contributed by atoms with Crippen molar-refractivity contribution in [2.75, 3.05) is 20.3 Å². The van der Waals surface area contributed by atoms with Gasteiger partial charge in [-0.1, -0.05) is 37.8 Å². The Hall–Kier alpha value is -1.64. The molecule has 1 aromatic carbocycles. The molecule has 2 rings (SSSR count). The number of nitrogens with two attached hydrogens (primary N) is 1. The van der Waals surface area contributed by atoms with Crippen molar-refractivity contribution in [1.82, 2.24) is 10.0 Å². The number of methoxy groups -OCH3 is 1. The molecular weight excluding hydrogens is 352 g/mol. The minimum atomic E-state index is -3.55. The van der Waals surface area contributed by atoms with Crippen LogP contribution in [0.3, 0.4) is 0 Å². The van der Waals surface area contributed by atoms with Crippen LogP contribution < -0.4 is 15.8 Å². The third-order valence-electron chi connectivity index (χ3n) is 4.45. The fourth-order valence-electron chi connectivity index (χ4n) is 3.03. The molecule has 1 fully saturated rings. The number of hydrogen-bond acceptors (Lipinski definition) is 4. The highest BCUT2D eigenvalue weighted by Gasteiger charge is 2.14. The van der Waals surface area contributed by atoms with Gasteiger partial charge in [-0.2, -0.15) is 0 Å². The second-order valence-electron chi connectivity index (χ2n) is 6.57. The third-order valence-corrected chi connectivity index (χ3v) is 5.90. The van der Waals surface area contributed by atoms with Crippen LogP contribution in [-0.2, 0) is 21.3 Å². The molecule has 0 aromatic heterocycles. The Labute approximate surface area is 156 Å². The van der Waals surface area contributed by atoms with E-state index in [4.69, 9.17) is 10.5 Å². The van der Waals surface area contributed by atoms with Gasteiger partial charge in [0, 0.05) is 19.7 Å². The van der Waals surface area contributed by atoms with Gasteiger partial charge >= 0.3 is 0 Å². The van der Waals surface area contributed by atoms with Crippen LogP contribution in [0, 0.1) is 0 Å². The number of ether oxygens (including phenoxy) is 1.